The fourth-order valence-corrected chi connectivity index (χ4v) is 3.10. The van der Waals surface area contributed by atoms with Crippen LogP contribution in [0.2, 0.25) is 10.0 Å². The fraction of sp³-hybridized carbons (Fsp3) is 0.158. The SMILES string of the molecule is CC(=O)/C=C/c1nn(Cc2ccc(Cl)cc2Cl)c2cc(C(F)(F)F)ccc12. The Hall–Kier alpha value is -2.31. The van der Waals surface area contributed by atoms with Gasteiger partial charge in [0.15, 0.2) is 5.78 Å². The summed E-state index contributed by atoms with van der Waals surface area (Å²) in [5.74, 6) is -0.189. The molecule has 1 aromatic heterocycles. The van der Waals surface area contributed by atoms with Crippen molar-refractivity contribution in [1.29, 1.82) is 0 Å². The molecule has 0 amide bonds. The summed E-state index contributed by atoms with van der Waals surface area (Å²) in [6.07, 6.45) is -1.67. The maximum absolute atomic E-state index is 13.1. The Balaban J connectivity index is 2.15. The summed E-state index contributed by atoms with van der Waals surface area (Å²) in [4.78, 5) is 11.2. The number of allylic oxidation sites excluding steroid dienone is 1. The highest BCUT2D eigenvalue weighted by Crippen LogP contribution is 2.33. The topological polar surface area (TPSA) is 34.9 Å². The minimum Gasteiger partial charge on any atom is -0.295 e. The lowest BCUT2D eigenvalue weighted by Crippen LogP contribution is -2.06. The van der Waals surface area contributed by atoms with E-state index in [1.807, 2.05) is 0 Å². The van der Waals surface area contributed by atoms with Crippen LogP contribution in [0, 0.1) is 0 Å². The van der Waals surface area contributed by atoms with E-state index in [0.29, 0.717) is 32.2 Å². The summed E-state index contributed by atoms with van der Waals surface area (Å²) in [7, 11) is 0. The Morgan fingerprint density at radius 1 is 1.19 bits per heavy atom. The second-order valence-corrected chi connectivity index (χ2v) is 6.80. The molecule has 2 aromatic carbocycles. The van der Waals surface area contributed by atoms with E-state index < -0.39 is 11.7 Å². The second-order valence-electron chi connectivity index (χ2n) is 5.95. The molecule has 27 heavy (non-hydrogen) atoms. The third-order valence-electron chi connectivity index (χ3n) is 3.92. The van der Waals surface area contributed by atoms with E-state index in [2.05, 4.69) is 5.10 Å². The molecule has 0 radical (unpaired) electrons. The molecule has 0 saturated carbocycles. The number of hydrogen-bond donors (Lipinski definition) is 0. The van der Waals surface area contributed by atoms with Crippen molar-refractivity contribution in [1.82, 2.24) is 9.78 Å². The predicted molar refractivity (Wildman–Crippen MR) is 100 cm³/mol. The van der Waals surface area contributed by atoms with Crippen LogP contribution in [0.3, 0.4) is 0 Å². The first kappa shape index (κ1) is 19.5. The molecule has 0 fully saturated rings. The quantitative estimate of drug-likeness (QED) is 0.491. The zero-order chi connectivity index (χ0) is 19.8. The first-order valence-electron chi connectivity index (χ1n) is 7.85. The van der Waals surface area contributed by atoms with Gasteiger partial charge in [-0.1, -0.05) is 29.3 Å². The molecule has 3 nitrogen and oxygen atoms in total. The van der Waals surface area contributed by atoms with Crippen LogP contribution in [-0.4, -0.2) is 15.6 Å². The number of aromatic nitrogens is 2. The third kappa shape index (κ3) is 4.34. The summed E-state index contributed by atoms with van der Waals surface area (Å²) in [6.45, 7) is 1.53. The van der Waals surface area contributed by atoms with E-state index in [9.17, 15) is 18.0 Å². The van der Waals surface area contributed by atoms with Crippen molar-refractivity contribution >= 4 is 46.0 Å². The number of carbonyl (C=O) groups is 1. The summed E-state index contributed by atoms with van der Waals surface area (Å²) in [6, 6.07) is 8.28. The van der Waals surface area contributed by atoms with E-state index in [1.54, 1.807) is 18.2 Å². The third-order valence-corrected chi connectivity index (χ3v) is 4.51. The average Bonchev–Trinajstić information content (AvgIpc) is 2.92. The smallest absolute Gasteiger partial charge is 0.295 e. The lowest BCUT2D eigenvalue weighted by molar-refractivity contribution is -0.137. The summed E-state index contributed by atoms with van der Waals surface area (Å²) in [5, 5.41) is 5.71. The van der Waals surface area contributed by atoms with E-state index in [1.165, 1.54) is 29.8 Å². The first-order chi connectivity index (χ1) is 12.6. The zero-order valence-corrected chi connectivity index (χ0v) is 15.5. The van der Waals surface area contributed by atoms with Gasteiger partial charge in [-0.25, -0.2) is 0 Å². The number of benzene rings is 2. The van der Waals surface area contributed by atoms with Crippen LogP contribution in [-0.2, 0) is 17.5 Å². The van der Waals surface area contributed by atoms with Crippen LogP contribution >= 0.6 is 23.2 Å². The molecule has 0 bridgehead atoms. The van der Waals surface area contributed by atoms with Gasteiger partial charge < -0.3 is 0 Å². The molecule has 0 saturated heterocycles. The van der Waals surface area contributed by atoms with Crippen molar-refractivity contribution in [2.45, 2.75) is 19.6 Å². The fourth-order valence-electron chi connectivity index (χ4n) is 2.63. The molecule has 3 aromatic rings. The van der Waals surface area contributed by atoms with Crippen molar-refractivity contribution in [2.75, 3.05) is 0 Å². The van der Waals surface area contributed by atoms with Gasteiger partial charge >= 0.3 is 6.18 Å². The van der Waals surface area contributed by atoms with E-state index in [-0.39, 0.29) is 12.3 Å². The van der Waals surface area contributed by atoms with Crippen LogP contribution in [0.25, 0.3) is 17.0 Å². The van der Waals surface area contributed by atoms with Gasteiger partial charge in [0.05, 0.1) is 23.3 Å². The molecule has 0 aliphatic rings. The number of halogens is 5. The monoisotopic (exact) mass is 412 g/mol. The zero-order valence-electron chi connectivity index (χ0n) is 14.0. The van der Waals surface area contributed by atoms with Crippen LogP contribution in [0.4, 0.5) is 13.2 Å². The van der Waals surface area contributed by atoms with E-state index in [4.69, 9.17) is 23.2 Å². The molecule has 1 heterocycles. The molecule has 8 heteroatoms. The largest absolute Gasteiger partial charge is 0.416 e. The Bertz CT molecular complexity index is 1060. The summed E-state index contributed by atoms with van der Waals surface area (Å²) < 4.78 is 40.8. The van der Waals surface area contributed by atoms with Crippen molar-refractivity contribution in [3.8, 4) is 0 Å². The average molecular weight is 413 g/mol. The molecule has 140 valence electrons. The maximum Gasteiger partial charge on any atom is 0.416 e. The Morgan fingerprint density at radius 2 is 1.93 bits per heavy atom. The standard InChI is InChI=1S/C19H13Cl2F3N2O/c1-11(27)2-7-17-15-6-4-13(19(22,23)24)8-18(15)26(25-17)10-12-3-5-14(20)9-16(12)21/h2-9H,10H2,1H3/b7-2+. The summed E-state index contributed by atoms with van der Waals surface area (Å²) in [5.41, 5.74) is 0.573. The van der Waals surface area contributed by atoms with Gasteiger partial charge in [-0.3, -0.25) is 9.48 Å². The van der Waals surface area contributed by atoms with Gasteiger partial charge in [-0.05, 0) is 55.0 Å². The van der Waals surface area contributed by atoms with Crippen molar-refractivity contribution < 1.29 is 18.0 Å². The minimum absolute atomic E-state index is 0.154. The van der Waals surface area contributed by atoms with Crippen LogP contribution in [0.5, 0.6) is 0 Å². The lowest BCUT2D eigenvalue weighted by atomic mass is 10.1. The van der Waals surface area contributed by atoms with Gasteiger partial charge in [0.25, 0.3) is 0 Å². The van der Waals surface area contributed by atoms with Crippen molar-refractivity contribution in [3.63, 3.8) is 0 Å². The molecule has 0 aliphatic carbocycles. The maximum atomic E-state index is 13.1. The van der Waals surface area contributed by atoms with Gasteiger partial charge in [-0.2, -0.15) is 18.3 Å². The first-order valence-corrected chi connectivity index (χ1v) is 8.61. The molecule has 0 aliphatic heterocycles. The lowest BCUT2D eigenvalue weighted by Gasteiger charge is -2.09. The molecule has 0 atom stereocenters. The summed E-state index contributed by atoms with van der Waals surface area (Å²) >= 11 is 12.1. The highest BCUT2D eigenvalue weighted by atomic mass is 35.5. The number of nitrogens with zero attached hydrogens (tertiary/aromatic N) is 2. The molecule has 3 rings (SSSR count). The molecule has 0 unspecified atom stereocenters. The molecule has 0 N–H and O–H groups in total. The number of ketones is 1. The van der Waals surface area contributed by atoms with E-state index >= 15 is 0 Å². The Labute approximate surface area is 163 Å². The van der Waals surface area contributed by atoms with Gasteiger partial charge in [0.1, 0.15) is 0 Å². The number of carbonyl (C=O) groups excluding carboxylic acids is 1. The van der Waals surface area contributed by atoms with Gasteiger partial charge in [-0.15, -0.1) is 0 Å². The van der Waals surface area contributed by atoms with Crippen LogP contribution in [0.15, 0.2) is 42.5 Å². The number of hydrogen-bond acceptors (Lipinski definition) is 2. The van der Waals surface area contributed by atoms with Crippen molar-refractivity contribution in [3.05, 3.63) is 69.3 Å². The van der Waals surface area contributed by atoms with Crippen LogP contribution in [0.1, 0.15) is 23.7 Å². The highest BCUT2D eigenvalue weighted by molar-refractivity contribution is 6.35. The number of rotatable bonds is 4. The minimum atomic E-state index is -4.48. The molecule has 0 spiro atoms. The second kappa shape index (κ2) is 7.37. The van der Waals surface area contributed by atoms with E-state index in [0.717, 1.165) is 12.1 Å². The van der Waals surface area contributed by atoms with Crippen molar-refractivity contribution in [2.24, 2.45) is 0 Å². The number of fused-ring (bicyclic) bond motifs is 1. The molecular weight excluding hydrogens is 400 g/mol. The van der Waals surface area contributed by atoms with Gasteiger partial charge in [0, 0.05) is 15.4 Å². The predicted octanol–water partition coefficient (Wildman–Crippen LogP) is 6.01. The number of alkyl halides is 3. The highest BCUT2D eigenvalue weighted by Gasteiger charge is 2.31. The Morgan fingerprint density at radius 3 is 2.56 bits per heavy atom. The Kier molecular flexibility index (Phi) is 5.31. The van der Waals surface area contributed by atoms with Crippen LogP contribution < -0.4 is 0 Å². The molecular formula is C19H13Cl2F3N2O. The van der Waals surface area contributed by atoms with Gasteiger partial charge in [0.2, 0.25) is 0 Å². The normalized spacial score (nSPS) is 12.2.